The number of amides is 3. The molecule has 0 bridgehead atoms. The quantitative estimate of drug-likeness (QED) is 0.530. The third kappa shape index (κ3) is 2.81. The smallest absolute Gasteiger partial charge is 0.407 e. The number of carbonyl (C=O) groups is 2. The number of nitrogens with one attached hydrogen (secondary N) is 1. The average molecular weight is 187 g/mol. The van der Waals surface area contributed by atoms with Gasteiger partial charge < -0.3 is 21.1 Å². The molecule has 6 nitrogen and oxygen atoms in total. The Hall–Kier alpha value is -1.46. The van der Waals surface area contributed by atoms with E-state index in [4.69, 9.17) is 10.8 Å². The van der Waals surface area contributed by atoms with Crippen LogP contribution in [0.3, 0.4) is 0 Å². The van der Waals surface area contributed by atoms with Crippen molar-refractivity contribution in [1.29, 1.82) is 0 Å². The number of likely N-dealkylation sites (tertiary alicyclic amines) is 1. The van der Waals surface area contributed by atoms with Crippen LogP contribution in [0, 0.1) is 0 Å². The number of hydrogen-bond acceptors (Lipinski definition) is 2. The molecule has 4 N–H and O–H groups in total. The van der Waals surface area contributed by atoms with Crippen LogP contribution in [0.2, 0.25) is 0 Å². The molecular weight excluding hydrogens is 174 g/mol. The first-order valence-corrected chi connectivity index (χ1v) is 4.13. The van der Waals surface area contributed by atoms with Crippen LogP contribution in [0.1, 0.15) is 12.8 Å². The number of carboxylic acid groups (broad SMARTS) is 1. The van der Waals surface area contributed by atoms with E-state index >= 15 is 0 Å². The molecular formula is C7H13N3O3. The molecule has 0 aromatic rings. The van der Waals surface area contributed by atoms with Crippen molar-refractivity contribution in [2.75, 3.05) is 13.1 Å². The highest BCUT2D eigenvalue weighted by atomic mass is 16.4. The van der Waals surface area contributed by atoms with Crippen molar-refractivity contribution in [3.8, 4) is 0 Å². The second kappa shape index (κ2) is 3.97. The second-order valence-corrected chi connectivity index (χ2v) is 3.05. The van der Waals surface area contributed by atoms with E-state index in [1.165, 1.54) is 4.90 Å². The van der Waals surface area contributed by atoms with Crippen LogP contribution >= 0.6 is 0 Å². The van der Waals surface area contributed by atoms with Crippen molar-refractivity contribution in [2.45, 2.75) is 18.9 Å². The lowest BCUT2D eigenvalue weighted by atomic mass is 10.1. The van der Waals surface area contributed by atoms with Crippen molar-refractivity contribution in [3.63, 3.8) is 0 Å². The minimum absolute atomic E-state index is 0.0214. The molecule has 0 aliphatic carbocycles. The molecule has 0 unspecified atom stereocenters. The molecule has 0 saturated carbocycles. The Bertz CT molecular complexity index is 211. The van der Waals surface area contributed by atoms with Gasteiger partial charge in [0, 0.05) is 19.1 Å². The van der Waals surface area contributed by atoms with Gasteiger partial charge in [-0.1, -0.05) is 0 Å². The molecule has 1 rings (SSSR count). The molecule has 74 valence electrons. The molecule has 1 saturated heterocycles. The van der Waals surface area contributed by atoms with E-state index in [1.54, 1.807) is 0 Å². The normalized spacial score (nSPS) is 18.3. The maximum Gasteiger partial charge on any atom is 0.407 e. The lowest BCUT2D eigenvalue weighted by Gasteiger charge is -2.29. The molecule has 6 heteroatoms. The van der Waals surface area contributed by atoms with Gasteiger partial charge in [0.2, 0.25) is 0 Å². The van der Waals surface area contributed by atoms with Gasteiger partial charge in [-0.2, -0.15) is 0 Å². The fourth-order valence-corrected chi connectivity index (χ4v) is 1.42. The van der Waals surface area contributed by atoms with Gasteiger partial charge in [-0.3, -0.25) is 0 Å². The summed E-state index contributed by atoms with van der Waals surface area (Å²) in [6.07, 6.45) is 0.363. The summed E-state index contributed by atoms with van der Waals surface area (Å²) < 4.78 is 0. The van der Waals surface area contributed by atoms with Crippen LogP contribution in [0.4, 0.5) is 9.59 Å². The van der Waals surface area contributed by atoms with Crippen LogP contribution in [0.5, 0.6) is 0 Å². The summed E-state index contributed by atoms with van der Waals surface area (Å²) in [4.78, 5) is 22.3. The number of urea groups is 1. The third-order valence-corrected chi connectivity index (χ3v) is 2.11. The first kappa shape index (κ1) is 9.63. The lowest BCUT2D eigenvalue weighted by Crippen LogP contribution is -2.47. The number of piperidine rings is 1. The molecule has 1 fully saturated rings. The van der Waals surface area contributed by atoms with Gasteiger partial charge in [-0.25, -0.2) is 9.59 Å². The minimum Gasteiger partial charge on any atom is -0.465 e. The Morgan fingerprint density at radius 3 is 2.31 bits per heavy atom. The van der Waals surface area contributed by atoms with E-state index in [2.05, 4.69) is 5.32 Å². The van der Waals surface area contributed by atoms with Gasteiger partial charge in [0.1, 0.15) is 0 Å². The van der Waals surface area contributed by atoms with Crippen LogP contribution in [0.25, 0.3) is 0 Å². The maximum atomic E-state index is 10.5. The van der Waals surface area contributed by atoms with Crippen LogP contribution in [0.15, 0.2) is 0 Å². The van der Waals surface area contributed by atoms with E-state index in [-0.39, 0.29) is 6.04 Å². The third-order valence-electron chi connectivity index (χ3n) is 2.11. The van der Waals surface area contributed by atoms with Crippen molar-refractivity contribution in [2.24, 2.45) is 5.73 Å². The first-order chi connectivity index (χ1) is 6.09. The fourth-order valence-electron chi connectivity index (χ4n) is 1.42. The van der Waals surface area contributed by atoms with Crippen molar-refractivity contribution >= 4 is 12.1 Å². The zero-order chi connectivity index (χ0) is 9.84. The predicted molar refractivity (Wildman–Crippen MR) is 45.3 cm³/mol. The Kier molecular flexibility index (Phi) is 2.94. The van der Waals surface area contributed by atoms with E-state index in [9.17, 15) is 9.59 Å². The van der Waals surface area contributed by atoms with Gasteiger partial charge in [0.25, 0.3) is 0 Å². The summed E-state index contributed by atoms with van der Waals surface area (Å²) in [5.74, 6) is 0. The number of nitrogens with zero attached hydrogens (tertiary/aromatic N) is 1. The molecule has 1 aliphatic heterocycles. The lowest BCUT2D eigenvalue weighted by molar-refractivity contribution is 0.130. The SMILES string of the molecule is NC(=O)NC1CCN(C(=O)O)CC1. The van der Waals surface area contributed by atoms with Crippen LogP contribution < -0.4 is 11.1 Å². The largest absolute Gasteiger partial charge is 0.465 e. The first-order valence-electron chi connectivity index (χ1n) is 4.13. The Morgan fingerprint density at radius 2 is 1.92 bits per heavy atom. The average Bonchev–Trinajstić information content (AvgIpc) is 2.04. The number of primary amides is 1. The van der Waals surface area contributed by atoms with E-state index in [0.717, 1.165) is 0 Å². The van der Waals surface area contributed by atoms with Crippen molar-refractivity contribution in [3.05, 3.63) is 0 Å². The Morgan fingerprint density at radius 1 is 1.38 bits per heavy atom. The van der Waals surface area contributed by atoms with Gasteiger partial charge in [-0.05, 0) is 12.8 Å². The number of nitrogens with two attached hydrogens (primary N) is 1. The highest BCUT2D eigenvalue weighted by molar-refractivity contribution is 5.72. The highest BCUT2D eigenvalue weighted by Crippen LogP contribution is 2.09. The summed E-state index contributed by atoms with van der Waals surface area (Å²) in [5.41, 5.74) is 4.94. The van der Waals surface area contributed by atoms with E-state index < -0.39 is 12.1 Å². The summed E-state index contributed by atoms with van der Waals surface area (Å²) in [5, 5.41) is 11.2. The Balaban J connectivity index is 2.30. The zero-order valence-electron chi connectivity index (χ0n) is 7.19. The fraction of sp³-hybridized carbons (Fsp3) is 0.714. The number of hydrogen-bond donors (Lipinski definition) is 3. The topological polar surface area (TPSA) is 95.7 Å². The molecule has 0 aromatic heterocycles. The number of rotatable bonds is 1. The zero-order valence-corrected chi connectivity index (χ0v) is 7.19. The summed E-state index contributed by atoms with van der Waals surface area (Å²) in [7, 11) is 0. The van der Waals surface area contributed by atoms with Crippen LogP contribution in [-0.2, 0) is 0 Å². The molecule has 1 aliphatic rings. The summed E-state index contributed by atoms with van der Waals surface area (Å²) in [6.45, 7) is 0.917. The molecule has 3 amide bonds. The van der Waals surface area contributed by atoms with E-state index in [1.807, 2.05) is 0 Å². The second-order valence-electron chi connectivity index (χ2n) is 3.05. The Labute approximate surface area is 75.7 Å². The summed E-state index contributed by atoms with van der Waals surface area (Å²) in [6, 6.07) is -0.526. The molecule has 0 radical (unpaired) electrons. The predicted octanol–water partition coefficient (Wildman–Crippen LogP) is -0.203. The molecule has 0 spiro atoms. The van der Waals surface area contributed by atoms with Gasteiger partial charge >= 0.3 is 12.1 Å². The van der Waals surface area contributed by atoms with E-state index in [0.29, 0.717) is 25.9 Å². The maximum absolute atomic E-state index is 10.5. The minimum atomic E-state index is -0.905. The van der Waals surface area contributed by atoms with Crippen molar-refractivity contribution < 1.29 is 14.7 Å². The standard InChI is InChI=1S/C7H13N3O3/c8-6(11)9-5-1-3-10(4-2-5)7(12)13/h5H,1-4H2,(H,12,13)(H3,8,9,11). The van der Waals surface area contributed by atoms with Crippen LogP contribution in [-0.4, -0.2) is 41.3 Å². The monoisotopic (exact) mass is 187 g/mol. The van der Waals surface area contributed by atoms with Gasteiger partial charge in [0.05, 0.1) is 0 Å². The molecule has 0 aromatic carbocycles. The van der Waals surface area contributed by atoms with Gasteiger partial charge in [-0.15, -0.1) is 0 Å². The van der Waals surface area contributed by atoms with Gasteiger partial charge in [0.15, 0.2) is 0 Å². The van der Waals surface area contributed by atoms with Crippen molar-refractivity contribution in [1.82, 2.24) is 10.2 Å². The number of carbonyl (C=O) groups excluding carboxylic acids is 1. The summed E-state index contributed by atoms with van der Waals surface area (Å²) >= 11 is 0. The molecule has 13 heavy (non-hydrogen) atoms. The molecule has 1 heterocycles. The highest BCUT2D eigenvalue weighted by Gasteiger charge is 2.22. The molecule has 0 atom stereocenters.